The molecule has 3 aromatic carbocycles. The van der Waals surface area contributed by atoms with Crippen molar-refractivity contribution in [2.45, 2.75) is 38.0 Å². The molecular formula is C27H30Cl2N2O4S. The van der Waals surface area contributed by atoms with Crippen LogP contribution in [-0.2, 0) is 20.2 Å². The number of halogens is 2. The van der Waals surface area contributed by atoms with Gasteiger partial charge in [-0.15, -0.1) is 0 Å². The van der Waals surface area contributed by atoms with Crippen molar-refractivity contribution in [3.8, 4) is 5.75 Å². The second kappa shape index (κ2) is 11.5. The molecule has 0 fully saturated rings. The van der Waals surface area contributed by atoms with E-state index < -0.39 is 22.5 Å². The van der Waals surface area contributed by atoms with E-state index in [1.807, 2.05) is 31.2 Å². The zero-order valence-corrected chi connectivity index (χ0v) is 23.0. The maximum Gasteiger partial charge on any atom is 0.264 e. The number of rotatable bonds is 9. The molecule has 0 heterocycles. The van der Waals surface area contributed by atoms with Crippen LogP contribution in [0, 0.1) is 6.92 Å². The quantitative estimate of drug-likeness (QED) is 0.333. The lowest BCUT2D eigenvalue weighted by Gasteiger charge is -2.24. The number of hydrogen-bond acceptors (Lipinski definition) is 4. The molecule has 0 bridgehead atoms. The van der Waals surface area contributed by atoms with Gasteiger partial charge in [0.15, 0.2) is 0 Å². The Morgan fingerprint density at radius 3 is 2.08 bits per heavy atom. The maximum atomic E-state index is 13.5. The van der Waals surface area contributed by atoms with Gasteiger partial charge < -0.3 is 10.1 Å². The van der Waals surface area contributed by atoms with Crippen molar-refractivity contribution in [1.82, 2.24) is 5.32 Å². The lowest BCUT2D eigenvalue weighted by atomic mass is 9.87. The average Bonchev–Trinajstić information content (AvgIpc) is 2.79. The van der Waals surface area contributed by atoms with Crippen LogP contribution in [0.2, 0.25) is 10.0 Å². The van der Waals surface area contributed by atoms with Gasteiger partial charge in [0.05, 0.1) is 17.1 Å². The van der Waals surface area contributed by atoms with Crippen molar-refractivity contribution in [1.29, 1.82) is 0 Å². The fraction of sp³-hybridized carbons (Fsp3) is 0.296. The first-order valence-corrected chi connectivity index (χ1v) is 13.6. The summed E-state index contributed by atoms with van der Waals surface area (Å²) in [6.45, 7) is 8.25. The number of ether oxygens (including phenoxy) is 1. The molecule has 0 aliphatic rings. The van der Waals surface area contributed by atoms with Gasteiger partial charge in [-0.3, -0.25) is 9.10 Å². The van der Waals surface area contributed by atoms with Crippen LogP contribution in [0.1, 0.15) is 31.9 Å². The number of anilines is 1. The van der Waals surface area contributed by atoms with Gasteiger partial charge in [-0.05, 0) is 60.4 Å². The molecule has 1 N–H and O–H groups in total. The molecule has 9 heteroatoms. The highest BCUT2D eigenvalue weighted by Crippen LogP contribution is 2.30. The van der Waals surface area contributed by atoms with E-state index in [0.717, 1.165) is 9.87 Å². The van der Waals surface area contributed by atoms with E-state index >= 15 is 0 Å². The Bertz CT molecular complexity index is 1280. The summed E-state index contributed by atoms with van der Waals surface area (Å²) in [6, 6.07) is 18.6. The molecule has 192 valence electrons. The van der Waals surface area contributed by atoms with Crippen LogP contribution in [0.15, 0.2) is 71.6 Å². The second-order valence-electron chi connectivity index (χ2n) is 9.43. The molecular weight excluding hydrogens is 519 g/mol. The summed E-state index contributed by atoms with van der Waals surface area (Å²) in [6.07, 6.45) is 0. The molecule has 0 aromatic heterocycles. The van der Waals surface area contributed by atoms with Crippen LogP contribution in [-0.4, -0.2) is 34.0 Å². The van der Waals surface area contributed by atoms with E-state index in [1.54, 1.807) is 12.1 Å². The summed E-state index contributed by atoms with van der Waals surface area (Å²) in [5, 5.41) is 3.23. The molecule has 6 nitrogen and oxygen atoms in total. The summed E-state index contributed by atoms with van der Waals surface area (Å²) in [5.74, 6) is 0.197. The van der Waals surface area contributed by atoms with Crippen LogP contribution in [0.5, 0.6) is 5.75 Å². The van der Waals surface area contributed by atoms with Crippen molar-refractivity contribution < 1.29 is 17.9 Å². The summed E-state index contributed by atoms with van der Waals surface area (Å²) >= 11 is 12.2. The fourth-order valence-corrected chi connectivity index (χ4v) is 5.35. The van der Waals surface area contributed by atoms with Gasteiger partial charge in [-0.2, -0.15) is 0 Å². The predicted molar refractivity (Wildman–Crippen MR) is 146 cm³/mol. The number of hydrogen-bond donors (Lipinski definition) is 1. The molecule has 1 amide bonds. The van der Waals surface area contributed by atoms with Crippen LogP contribution in [0.4, 0.5) is 5.69 Å². The molecule has 0 aliphatic carbocycles. The Hall–Kier alpha value is -2.74. The summed E-state index contributed by atoms with van der Waals surface area (Å²) in [7, 11) is -4.07. The monoisotopic (exact) mass is 548 g/mol. The third-order valence-corrected chi connectivity index (χ3v) is 7.67. The Morgan fingerprint density at radius 2 is 1.53 bits per heavy atom. The minimum Gasteiger partial charge on any atom is -0.492 e. The standard InChI is InChI=1S/C27H30Cl2N2O4S/c1-19-5-11-25(12-6-19)36(33,34)31(23-16-21(28)15-22(29)17-23)18-26(32)30-13-14-35-24-9-7-20(8-10-24)27(2,3)4/h5-12,15-17H,13-14,18H2,1-4H3,(H,30,32). The van der Waals surface area contributed by atoms with Crippen LogP contribution >= 0.6 is 23.2 Å². The van der Waals surface area contributed by atoms with Gasteiger partial charge in [-0.1, -0.05) is 73.8 Å². The summed E-state index contributed by atoms with van der Waals surface area (Å²) in [4.78, 5) is 12.8. The first-order chi connectivity index (χ1) is 16.9. The first kappa shape index (κ1) is 27.8. The lowest BCUT2D eigenvalue weighted by Crippen LogP contribution is -2.42. The Labute approximate surface area is 223 Å². The maximum absolute atomic E-state index is 13.5. The highest BCUT2D eigenvalue weighted by molar-refractivity contribution is 7.92. The molecule has 0 radical (unpaired) electrons. The number of sulfonamides is 1. The zero-order chi connectivity index (χ0) is 26.5. The second-order valence-corrected chi connectivity index (χ2v) is 12.2. The van der Waals surface area contributed by atoms with Gasteiger partial charge >= 0.3 is 0 Å². The lowest BCUT2D eigenvalue weighted by molar-refractivity contribution is -0.119. The van der Waals surface area contributed by atoms with E-state index in [-0.39, 0.29) is 39.2 Å². The smallest absolute Gasteiger partial charge is 0.264 e. The van der Waals surface area contributed by atoms with Crippen molar-refractivity contribution in [3.05, 3.63) is 87.9 Å². The van der Waals surface area contributed by atoms with E-state index in [4.69, 9.17) is 27.9 Å². The largest absolute Gasteiger partial charge is 0.492 e. The molecule has 0 aliphatic heterocycles. The fourth-order valence-electron chi connectivity index (χ4n) is 3.43. The van der Waals surface area contributed by atoms with Crippen molar-refractivity contribution >= 4 is 44.8 Å². The molecule has 0 saturated heterocycles. The van der Waals surface area contributed by atoms with Gasteiger partial charge in [0.1, 0.15) is 18.9 Å². The predicted octanol–water partition coefficient (Wildman–Crippen LogP) is 5.99. The minimum absolute atomic E-state index is 0.0461. The Kier molecular flexibility index (Phi) is 8.93. The van der Waals surface area contributed by atoms with Crippen molar-refractivity contribution in [2.24, 2.45) is 0 Å². The number of nitrogens with one attached hydrogen (secondary N) is 1. The number of carbonyl (C=O) groups is 1. The molecule has 0 saturated carbocycles. The molecule has 3 aromatic rings. The van der Waals surface area contributed by atoms with Gasteiger partial charge in [-0.25, -0.2) is 8.42 Å². The van der Waals surface area contributed by atoms with Crippen molar-refractivity contribution in [2.75, 3.05) is 24.0 Å². The topological polar surface area (TPSA) is 75.7 Å². The minimum atomic E-state index is -4.07. The molecule has 0 spiro atoms. The molecule has 3 rings (SSSR count). The van der Waals surface area contributed by atoms with Gasteiger partial charge in [0.25, 0.3) is 10.0 Å². The van der Waals surface area contributed by atoms with E-state index in [1.165, 1.54) is 35.9 Å². The average molecular weight is 550 g/mol. The van der Waals surface area contributed by atoms with Gasteiger partial charge in [0.2, 0.25) is 5.91 Å². The van der Waals surface area contributed by atoms with E-state index in [0.29, 0.717) is 5.75 Å². The summed E-state index contributed by atoms with van der Waals surface area (Å²) in [5.41, 5.74) is 2.35. The summed E-state index contributed by atoms with van der Waals surface area (Å²) < 4.78 is 33.6. The number of carbonyl (C=O) groups excluding carboxylic acids is 1. The van der Waals surface area contributed by atoms with Crippen LogP contribution in [0.25, 0.3) is 0 Å². The Balaban J connectivity index is 1.69. The van der Waals surface area contributed by atoms with E-state index in [2.05, 4.69) is 26.1 Å². The van der Waals surface area contributed by atoms with Crippen LogP contribution in [0.3, 0.4) is 0 Å². The normalized spacial score (nSPS) is 11.7. The third kappa shape index (κ3) is 7.38. The number of nitrogens with zero attached hydrogens (tertiary/aromatic N) is 1. The zero-order valence-electron chi connectivity index (χ0n) is 20.7. The Morgan fingerprint density at radius 1 is 0.944 bits per heavy atom. The first-order valence-electron chi connectivity index (χ1n) is 11.4. The highest BCUT2D eigenvalue weighted by Gasteiger charge is 2.27. The SMILES string of the molecule is Cc1ccc(S(=O)(=O)N(CC(=O)NCCOc2ccc(C(C)(C)C)cc2)c2cc(Cl)cc(Cl)c2)cc1. The molecule has 36 heavy (non-hydrogen) atoms. The van der Waals surface area contributed by atoms with Crippen LogP contribution < -0.4 is 14.4 Å². The molecule has 0 atom stereocenters. The van der Waals surface area contributed by atoms with E-state index in [9.17, 15) is 13.2 Å². The number of aryl methyl sites for hydroxylation is 1. The number of benzene rings is 3. The highest BCUT2D eigenvalue weighted by atomic mass is 35.5. The van der Waals surface area contributed by atoms with Crippen molar-refractivity contribution in [3.63, 3.8) is 0 Å². The van der Waals surface area contributed by atoms with Gasteiger partial charge in [0, 0.05) is 10.0 Å². The number of amides is 1. The molecule has 0 unspecified atom stereocenters. The third-order valence-electron chi connectivity index (χ3n) is 5.44.